The summed E-state index contributed by atoms with van der Waals surface area (Å²) in [4.78, 5) is 0. The van der Waals surface area contributed by atoms with E-state index < -0.39 is 20.1 Å². The van der Waals surface area contributed by atoms with Gasteiger partial charge in [-0.3, -0.25) is 0 Å². The van der Waals surface area contributed by atoms with E-state index in [1.807, 2.05) is 16.2 Å². The van der Waals surface area contributed by atoms with E-state index in [0.717, 1.165) is 25.7 Å². The molecule has 0 amide bonds. The maximum absolute atomic E-state index is 8.87. The second-order valence-electron chi connectivity index (χ2n) is 4.46. The summed E-state index contributed by atoms with van der Waals surface area (Å²) < 4.78 is 0. The second kappa shape index (κ2) is 9.12. The summed E-state index contributed by atoms with van der Waals surface area (Å²) in [6.07, 6.45) is 6.00. The molecule has 0 fully saturated rings. The van der Waals surface area contributed by atoms with Gasteiger partial charge in [0.25, 0.3) is 0 Å². The zero-order valence-electron chi connectivity index (χ0n) is 11.5. The number of thiocyanates is 5. The lowest BCUT2D eigenvalue weighted by Gasteiger charge is -2.17. The fourth-order valence-corrected chi connectivity index (χ4v) is 3.59. The topological polar surface area (TPSA) is 119 Å². The predicted octanol–water partition coefficient (Wildman–Crippen LogP) is 3.58. The van der Waals surface area contributed by atoms with Gasteiger partial charge in [-0.05, 0) is 19.1 Å². The van der Waals surface area contributed by atoms with E-state index in [1.165, 1.54) is 0 Å². The molecule has 0 aromatic heterocycles. The normalized spacial score (nSPS) is 12.0. The van der Waals surface area contributed by atoms with Crippen LogP contribution in [0.5, 0.6) is 0 Å². The van der Waals surface area contributed by atoms with Crippen molar-refractivity contribution in [2.75, 3.05) is 17.8 Å². The number of unbranched alkanes of at least 4 members (excludes halogenated alkanes) is 4. The minimum Gasteiger partial charge on any atom is -0.186 e. The van der Waals surface area contributed by atoms with Crippen LogP contribution in [0.3, 0.4) is 0 Å². The molecule has 20 heavy (non-hydrogen) atoms. The fraction of sp³-hybridized carbons (Fsp3) is 0.615. The quantitative estimate of drug-likeness (QED) is 0.501. The molecule has 0 aliphatic rings. The van der Waals surface area contributed by atoms with Gasteiger partial charge < -0.3 is 0 Å². The Labute approximate surface area is 123 Å². The molecule has 7 heteroatoms. The summed E-state index contributed by atoms with van der Waals surface area (Å²) in [6.45, 7) is 0. The van der Waals surface area contributed by atoms with E-state index in [-0.39, 0.29) is 0 Å². The van der Waals surface area contributed by atoms with Crippen LogP contribution in [-0.4, -0.2) is 17.8 Å². The van der Waals surface area contributed by atoms with E-state index in [0.29, 0.717) is 17.9 Å². The zero-order chi connectivity index (χ0) is 15.5. The van der Waals surface area contributed by atoms with Gasteiger partial charge in [-0.1, -0.05) is 29.3 Å². The number of nitriles is 5. The van der Waals surface area contributed by atoms with Crippen molar-refractivity contribution in [3.8, 4) is 27.0 Å². The molecule has 0 radical (unpaired) electrons. The molecule has 0 N–H and O–H groups in total. The van der Waals surface area contributed by atoms with Crippen LogP contribution in [0.15, 0.2) is 0 Å². The Balaban J connectivity index is 3.85. The lowest BCUT2D eigenvalue weighted by atomic mass is 10.2. The van der Waals surface area contributed by atoms with Gasteiger partial charge in [0.15, 0.2) is 0 Å². The van der Waals surface area contributed by atoms with Crippen molar-refractivity contribution in [3.05, 3.63) is 0 Å². The molecular weight excluding hydrogens is 290 g/mol. The molecule has 0 aliphatic carbocycles. The Bertz CT molecular complexity index is 473. The minimum atomic E-state index is -2.40. The van der Waals surface area contributed by atoms with Crippen molar-refractivity contribution in [1.29, 1.82) is 26.3 Å². The lowest BCUT2D eigenvalue weighted by Crippen LogP contribution is -1.99. The first-order valence-electron chi connectivity index (χ1n) is 6.12. The lowest BCUT2D eigenvalue weighted by molar-refractivity contribution is 0.662. The van der Waals surface area contributed by atoms with Crippen LogP contribution in [0, 0.1) is 53.3 Å². The zero-order valence-corrected chi connectivity index (χ0v) is 13.1. The van der Waals surface area contributed by atoms with Crippen molar-refractivity contribution >= 4 is 20.1 Å². The van der Waals surface area contributed by atoms with Crippen LogP contribution in [-0.2, 0) is 0 Å². The van der Waals surface area contributed by atoms with Crippen LogP contribution in [0.25, 0.3) is 0 Å². The monoisotopic (exact) mass is 307 g/mol. The molecule has 0 heterocycles. The van der Waals surface area contributed by atoms with Crippen molar-refractivity contribution in [3.63, 3.8) is 0 Å². The number of rotatable bonds is 8. The van der Waals surface area contributed by atoms with Gasteiger partial charge >= 0.3 is 0 Å². The summed E-state index contributed by atoms with van der Waals surface area (Å²) in [5.41, 5.74) is 0. The van der Waals surface area contributed by atoms with Gasteiger partial charge in [0.05, 0.1) is 0 Å². The summed E-state index contributed by atoms with van der Waals surface area (Å²) in [5.74, 6) is 1.000. The Morgan fingerprint density at radius 2 is 1.00 bits per heavy atom. The van der Waals surface area contributed by atoms with Crippen LogP contribution >= 0.6 is 20.1 Å². The second-order valence-corrected chi connectivity index (χ2v) is 9.84. The van der Waals surface area contributed by atoms with Crippen molar-refractivity contribution in [1.82, 2.24) is 0 Å². The Hall–Kier alpha value is -1.85. The SMILES string of the molecule is CS(C#N)(C#N)CCCCCCCS(C#N)(C#N)C#N. The van der Waals surface area contributed by atoms with Crippen molar-refractivity contribution in [2.24, 2.45) is 0 Å². The first-order valence-corrected chi connectivity index (χ1v) is 10.1. The van der Waals surface area contributed by atoms with Gasteiger partial charge in [0.2, 0.25) is 0 Å². The Morgan fingerprint density at radius 1 is 0.600 bits per heavy atom. The molecule has 0 spiro atoms. The first-order chi connectivity index (χ1) is 9.51. The van der Waals surface area contributed by atoms with Crippen molar-refractivity contribution in [2.45, 2.75) is 32.1 Å². The van der Waals surface area contributed by atoms with E-state index in [4.69, 9.17) is 26.3 Å². The van der Waals surface area contributed by atoms with E-state index in [2.05, 4.69) is 10.8 Å². The number of hydrogen-bond acceptors (Lipinski definition) is 5. The third-order valence-corrected chi connectivity index (χ3v) is 6.62. The van der Waals surface area contributed by atoms with Gasteiger partial charge in [-0.2, -0.15) is 26.3 Å². The molecule has 0 bridgehead atoms. The first kappa shape index (κ1) is 18.1. The largest absolute Gasteiger partial charge is 0.186 e. The third-order valence-electron chi connectivity index (χ3n) is 2.87. The van der Waals surface area contributed by atoms with E-state index >= 15 is 0 Å². The predicted molar refractivity (Wildman–Crippen MR) is 82.0 cm³/mol. The molecule has 0 unspecified atom stereocenters. The summed E-state index contributed by atoms with van der Waals surface area (Å²) >= 11 is 0. The molecule has 0 aromatic carbocycles. The van der Waals surface area contributed by atoms with Crippen LogP contribution in [0.2, 0.25) is 0 Å². The average Bonchev–Trinajstić information content (AvgIpc) is 2.50. The summed E-state index contributed by atoms with van der Waals surface area (Å²) in [7, 11) is -4.16. The molecular formula is C13H17N5S2. The van der Waals surface area contributed by atoms with Gasteiger partial charge in [0.1, 0.15) is 27.0 Å². The van der Waals surface area contributed by atoms with E-state index in [1.54, 1.807) is 6.26 Å². The van der Waals surface area contributed by atoms with Crippen molar-refractivity contribution < 1.29 is 0 Å². The number of hydrogen-bond donors (Lipinski definition) is 0. The number of nitrogens with zero attached hydrogens (tertiary/aromatic N) is 5. The molecule has 0 aliphatic heterocycles. The molecule has 0 saturated carbocycles. The van der Waals surface area contributed by atoms with Crippen LogP contribution in [0.4, 0.5) is 0 Å². The highest BCUT2D eigenvalue weighted by Crippen LogP contribution is 2.45. The molecule has 106 valence electrons. The molecule has 0 saturated heterocycles. The molecule has 0 aromatic rings. The highest BCUT2D eigenvalue weighted by Gasteiger charge is 2.22. The van der Waals surface area contributed by atoms with Crippen LogP contribution < -0.4 is 0 Å². The standard InChI is InChI=1S/C13H17N5S2/c1-19(9-14,10-15)7-5-3-2-4-6-8-20(11-16,12-17)13-18/h2-8H2,1H3. The third kappa shape index (κ3) is 5.86. The van der Waals surface area contributed by atoms with Gasteiger partial charge in [-0.25, -0.2) is 0 Å². The van der Waals surface area contributed by atoms with Crippen LogP contribution in [0.1, 0.15) is 32.1 Å². The maximum atomic E-state index is 8.87. The Kier molecular flexibility index (Phi) is 8.27. The summed E-state index contributed by atoms with van der Waals surface area (Å²) in [5, 5.41) is 54.0. The highest BCUT2D eigenvalue weighted by atomic mass is 32.3. The smallest absolute Gasteiger partial charge is 0.140 e. The average molecular weight is 307 g/mol. The van der Waals surface area contributed by atoms with Gasteiger partial charge in [-0.15, -0.1) is 0 Å². The minimum absolute atomic E-state index is 0.357. The molecule has 0 rings (SSSR count). The highest BCUT2D eigenvalue weighted by molar-refractivity contribution is 8.44. The maximum Gasteiger partial charge on any atom is 0.140 e. The summed E-state index contributed by atoms with van der Waals surface area (Å²) in [6, 6.07) is 0. The fourth-order valence-electron chi connectivity index (χ4n) is 1.55. The van der Waals surface area contributed by atoms with E-state index in [9.17, 15) is 0 Å². The Morgan fingerprint density at radius 3 is 1.40 bits per heavy atom. The van der Waals surface area contributed by atoms with Gasteiger partial charge in [0, 0.05) is 21.5 Å². The molecule has 5 nitrogen and oxygen atoms in total. The molecule has 0 atom stereocenters.